The van der Waals surface area contributed by atoms with Gasteiger partial charge in [0.05, 0.1) is 0 Å². The third-order valence-corrected chi connectivity index (χ3v) is 1.48. The maximum atomic E-state index is 4.21. The van der Waals surface area contributed by atoms with Gasteiger partial charge in [-0.25, -0.2) is 4.98 Å². The van der Waals surface area contributed by atoms with Crippen molar-refractivity contribution in [1.29, 1.82) is 0 Å². The molecule has 0 bridgehead atoms. The summed E-state index contributed by atoms with van der Waals surface area (Å²) in [5.74, 6) is 6.20. The van der Waals surface area contributed by atoms with E-state index in [4.69, 9.17) is 0 Å². The van der Waals surface area contributed by atoms with Gasteiger partial charge in [-0.3, -0.25) is 0 Å². The van der Waals surface area contributed by atoms with E-state index in [1.807, 2.05) is 25.3 Å². The molecule has 13 heavy (non-hydrogen) atoms. The number of nitrogens with zero attached hydrogens (tertiary/aromatic N) is 1. The van der Waals surface area contributed by atoms with Crippen LogP contribution in [0.4, 0.5) is 0 Å². The fourth-order valence-electron chi connectivity index (χ4n) is 0.793. The molecule has 0 saturated carbocycles. The van der Waals surface area contributed by atoms with Gasteiger partial charge in [-0.2, -0.15) is 0 Å². The van der Waals surface area contributed by atoms with Gasteiger partial charge >= 0.3 is 0 Å². The summed E-state index contributed by atoms with van der Waals surface area (Å²) in [6.45, 7) is 8.30. The van der Waals surface area contributed by atoms with Gasteiger partial charge in [0.1, 0.15) is 5.69 Å². The number of aromatic nitrogens is 1. The second-order valence-corrected chi connectivity index (χ2v) is 4.22. The first-order valence-corrected chi connectivity index (χ1v) is 4.43. The van der Waals surface area contributed by atoms with Crippen LogP contribution in [0.1, 0.15) is 32.0 Å². The summed E-state index contributed by atoms with van der Waals surface area (Å²) in [7, 11) is 0. The van der Waals surface area contributed by atoms with E-state index in [2.05, 4.69) is 37.6 Å². The van der Waals surface area contributed by atoms with E-state index in [1.54, 1.807) is 0 Å². The Morgan fingerprint density at radius 1 is 1.23 bits per heavy atom. The Balaban J connectivity index is 2.85. The zero-order chi connectivity index (χ0) is 9.90. The quantitative estimate of drug-likeness (QED) is 0.550. The van der Waals surface area contributed by atoms with Gasteiger partial charge in [-0.1, -0.05) is 12.0 Å². The van der Waals surface area contributed by atoms with Crippen molar-refractivity contribution in [3.8, 4) is 11.8 Å². The molecular weight excluding hydrogens is 158 g/mol. The largest absolute Gasteiger partial charge is 0.248 e. The zero-order valence-electron chi connectivity index (χ0n) is 8.68. The summed E-state index contributed by atoms with van der Waals surface area (Å²) in [5.41, 5.74) is 2.06. The van der Waals surface area contributed by atoms with Crippen molar-refractivity contribution < 1.29 is 0 Å². The van der Waals surface area contributed by atoms with Crippen LogP contribution >= 0.6 is 0 Å². The zero-order valence-corrected chi connectivity index (χ0v) is 8.68. The number of aryl methyl sites for hydroxylation is 1. The Hall–Kier alpha value is -1.29. The number of hydrogen-bond acceptors (Lipinski definition) is 1. The smallest absolute Gasteiger partial charge is 0.113 e. The van der Waals surface area contributed by atoms with Gasteiger partial charge < -0.3 is 0 Å². The van der Waals surface area contributed by atoms with Gasteiger partial charge in [0.15, 0.2) is 0 Å². The first-order valence-electron chi connectivity index (χ1n) is 4.43. The van der Waals surface area contributed by atoms with Crippen molar-refractivity contribution in [1.82, 2.24) is 4.98 Å². The number of pyridine rings is 1. The minimum atomic E-state index is 0.0482. The van der Waals surface area contributed by atoms with Crippen LogP contribution in [0.5, 0.6) is 0 Å². The lowest BCUT2D eigenvalue weighted by Crippen LogP contribution is -1.99. The lowest BCUT2D eigenvalue weighted by Gasteiger charge is -2.06. The van der Waals surface area contributed by atoms with Crippen LogP contribution < -0.4 is 0 Å². The summed E-state index contributed by atoms with van der Waals surface area (Å²) in [5, 5.41) is 0. The highest BCUT2D eigenvalue weighted by molar-refractivity contribution is 5.30. The van der Waals surface area contributed by atoms with Crippen LogP contribution in [0.3, 0.4) is 0 Å². The molecule has 0 saturated heterocycles. The average molecular weight is 173 g/mol. The lowest BCUT2D eigenvalue weighted by molar-refractivity contribution is 0.571. The third-order valence-electron chi connectivity index (χ3n) is 1.48. The molecule has 0 unspecified atom stereocenters. The highest BCUT2D eigenvalue weighted by Crippen LogP contribution is 2.10. The summed E-state index contributed by atoms with van der Waals surface area (Å²) >= 11 is 0. The lowest BCUT2D eigenvalue weighted by atomic mass is 9.98. The first-order chi connectivity index (χ1) is 5.97. The van der Waals surface area contributed by atoms with Crippen LogP contribution in [0.2, 0.25) is 0 Å². The van der Waals surface area contributed by atoms with Crippen molar-refractivity contribution in [2.45, 2.75) is 27.7 Å². The molecular formula is C12H15N. The van der Waals surface area contributed by atoms with Crippen molar-refractivity contribution in [2.24, 2.45) is 5.41 Å². The molecule has 1 aromatic heterocycles. The molecule has 0 aliphatic rings. The maximum absolute atomic E-state index is 4.21. The summed E-state index contributed by atoms with van der Waals surface area (Å²) in [6.07, 6.45) is 1.84. The molecule has 0 atom stereocenters. The Bertz CT molecular complexity index is 330. The molecule has 0 aliphatic heterocycles. The Morgan fingerprint density at radius 2 is 1.92 bits per heavy atom. The molecule has 0 amide bonds. The molecule has 0 aromatic carbocycles. The van der Waals surface area contributed by atoms with Crippen molar-refractivity contribution in [3.63, 3.8) is 0 Å². The van der Waals surface area contributed by atoms with Crippen LogP contribution in [0.25, 0.3) is 0 Å². The van der Waals surface area contributed by atoms with Gasteiger partial charge in [0.2, 0.25) is 0 Å². The molecule has 1 nitrogen and oxygen atoms in total. The Kier molecular flexibility index (Phi) is 2.72. The average Bonchev–Trinajstić information content (AvgIpc) is 2.02. The highest BCUT2D eigenvalue weighted by Gasteiger charge is 2.03. The predicted molar refractivity (Wildman–Crippen MR) is 55.3 cm³/mol. The van der Waals surface area contributed by atoms with Gasteiger partial charge in [0.25, 0.3) is 0 Å². The van der Waals surface area contributed by atoms with E-state index in [-0.39, 0.29) is 5.41 Å². The number of rotatable bonds is 0. The molecule has 68 valence electrons. The van der Waals surface area contributed by atoms with E-state index in [9.17, 15) is 0 Å². The van der Waals surface area contributed by atoms with E-state index in [1.165, 1.54) is 5.56 Å². The maximum Gasteiger partial charge on any atom is 0.113 e. The molecule has 0 N–H and O–H groups in total. The van der Waals surface area contributed by atoms with E-state index in [0.717, 1.165) is 5.69 Å². The van der Waals surface area contributed by atoms with Gasteiger partial charge in [-0.15, -0.1) is 0 Å². The fourth-order valence-corrected chi connectivity index (χ4v) is 0.793. The second-order valence-electron chi connectivity index (χ2n) is 4.22. The summed E-state index contributed by atoms with van der Waals surface area (Å²) in [6, 6.07) is 3.98. The van der Waals surface area contributed by atoms with Crippen molar-refractivity contribution in [3.05, 3.63) is 29.6 Å². The second kappa shape index (κ2) is 3.62. The molecule has 0 aliphatic carbocycles. The first kappa shape index (κ1) is 9.80. The van der Waals surface area contributed by atoms with E-state index in [0.29, 0.717) is 0 Å². The predicted octanol–water partition coefficient (Wildman–Crippen LogP) is 2.79. The van der Waals surface area contributed by atoms with Crippen LogP contribution in [-0.4, -0.2) is 4.98 Å². The normalized spacial score (nSPS) is 10.5. The topological polar surface area (TPSA) is 12.9 Å². The third kappa shape index (κ3) is 3.75. The minimum Gasteiger partial charge on any atom is -0.248 e. The van der Waals surface area contributed by atoms with Gasteiger partial charge in [-0.05, 0) is 45.2 Å². The number of hydrogen-bond donors (Lipinski definition) is 0. The molecule has 1 aromatic rings. The molecule has 1 rings (SSSR count). The Morgan fingerprint density at radius 3 is 2.38 bits per heavy atom. The summed E-state index contributed by atoms with van der Waals surface area (Å²) < 4.78 is 0. The molecule has 0 fully saturated rings. The SMILES string of the molecule is Cc1ccc(C#CC(C)(C)C)nc1. The fraction of sp³-hybridized carbons (Fsp3) is 0.417. The van der Waals surface area contributed by atoms with Crippen LogP contribution in [0.15, 0.2) is 18.3 Å². The van der Waals surface area contributed by atoms with Gasteiger partial charge in [0, 0.05) is 11.6 Å². The van der Waals surface area contributed by atoms with E-state index < -0.39 is 0 Å². The standard InChI is InChI=1S/C12H15N/c1-10-5-6-11(13-9-10)7-8-12(2,3)4/h5-6,9H,1-4H3. The minimum absolute atomic E-state index is 0.0482. The molecule has 1 heterocycles. The highest BCUT2D eigenvalue weighted by atomic mass is 14.7. The monoisotopic (exact) mass is 173 g/mol. The van der Waals surface area contributed by atoms with E-state index >= 15 is 0 Å². The molecule has 1 heteroatoms. The van der Waals surface area contributed by atoms with Crippen molar-refractivity contribution in [2.75, 3.05) is 0 Å². The van der Waals surface area contributed by atoms with Crippen LogP contribution in [0, 0.1) is 24.2 Å². The molecule has 0 radical (unpaired) electrons. The van der Waals surface area contributed by atoms with Crippen LogP contribution in [-0.2, 0) is 0 Å². The van der Waals surface area contributed by atoms with Crippen molar-refractivity contribution >= 4 is 0 Å². The molecule has 0 spiro atoms. The summed E-state index contributed by atoms with van der Waals surface area (Å²) in [4.78, 5) is 4.21. The Labute approximate surface area is 80.2 Å².